The third-order valence-electron chi connectivity index (χ3n) is 5.36. The van der Waals surface area contributed by atoms with Crippen LogP contribution in [0.2, 0.25) is 0 Å². The summed E-state index contributed by atoms with van der Waals surface area (Å²) in [5.74, 6) is 2.29. The van der Waals surface area contributed by atoms with E-state index in [4.69, 9.17) is 23.4 Å². The first-order chi connectivity index (χ1) is 17.0. The Morgan fingerprint density at radius 1 is 0.829 bits per heavy atom. The number of benzene rings is 3. The molecule has 0 spiro atoms. The van der Waals surface area contributed by atoms with Gasteiger partial charge in [0.1, 0.15) is 24.7 Å². The number of sulfone groups is 1. The van der Waals surface area contributed by atoms with Crippen LogP contribution in [0.1, 0.15) is 0 Å². The van der Waals surface area contributed by atoms with Gasteiger partial charge in [0.2, 0.25) is 26.6 Å². The fraction of sp³-hybridized carbons (Fsp3) is 0.160. The molecule has 1 aliphatic rings. The molecule has 0 radical (unpaired) electrons. The normalized spacial score (nSPS) is 12.7. The number of ether oxygens (including phenoxy) is 4. The Morgan fingerprint density at radius 3 is 2.11 bits per heavy atom. The summed E-state index contributed by atoms with van der Waals surface area (Å²) in [6.45, 7) is 0.746. The highest BCUT2D eigenvalue weighted by molar-refractivity contribution is 7.91. The highest BCUT2D eigenvalue weighted by Crippen LogP contribution is 2.38. The van der Waals surface area contributed by atoms with E-state index in [2.05, 4.69) is 10.3 Å². The van der Waals surface area contributed by atoms with Crippen molar-refractivity contribution < 1.29 is 31.8 Å². The van der Waals surface area contributed by atoms with E-state index in [-0.39, 0.29) is 21.7 Å². The van der Waals surface area contributed by atoms with Gasteiger partial charge in [-0.05, 0) is 60.7 Å². The molecule has 0 saturated heterocycles. The number of hydrogen-bond donors (Lipinski definition) is 1. The molecule has 0 bridgehead atoms. The van der Waals surface area contributed by atoms with E-state index in [0.29, 0.717) is 47.5 Å². The minimum absolute atomic E-state index is 0.00844. The molecule has 0 saturated carbocycles. The van der Waals surface area contributed by atoms with E-state index in [1.165, 1.54) is 12.1 Å². The molecule has 0 fully saturated rings. The molecular weight excluding hydrogens is 472 g/mol. The summed E-state index contributed by atoms with van der Waals surface area (Å²) in [4.78, 5) is 4.38. The van der Waals surface area contributed by atoms with Crippen LogP contribution >= 0.6 is 0 Å². The Kier molecular flexibility index (Phi) is 5.96. The van der Waals surface area contributed by atoms with Crippen LogP contribution < -0.4 is 24.3 Å². The topological polar surface area (TPSA) is 109 Å². The molecule has 1 N–H and O–H groups in total. The zero-order valence-electron chi connectivity index (χ0n) is 19.0. The minimum Gasteiger partial charge on any atom is -0.497 e. The second-order valence-corrected chi connectivity index (χ2v) is 9.41. The fourth-order valence-corrected chi connectivity index (χ4v) is 4.80. The zero-order valence-corrected chi connectivity index (χ0v) is 19.8. The largest absolute Gasteiger partial charge is 0.497 e. The van der Waals surface area contributed by atoms with Gasteiger partial charge in [-0.1, -0.05) is 0 Å². The average Bonchev–Trinajstić information content (AvgIpc) is 3.33. The summed E-state index contributed by atoms with van der Waals surface area (Å²) in [5.41, 5.74) is 1.19. The van der Waals surface area contributed by atoms with Crippen molar-refractivity contribution in [2.45, 2.75) is 9.92 Å². The molecule has 0 atom stereocenters. The predicted molar refractivity (Wildman–Crippen MR) is 128 cm³/mol. The van der Waals surface area contributed by atoms with Gasteiger partial charge < -0.3 is 28.7 Å². The summed E-state index contributed by atoms with van der Waals surface area (Å²) < 4.78 is 54.7. The lowest BCUT2D eigenvalue weighted by atomic mass is 10.2. The molecule has 9 nitrogen and oxygen atoms in total. The minimum atomic E-state index is -4.09. The standard InChI is InChI=1S/C25H22N2O7S/c1-30-18-7-3-16(4-8-18)23-27-25(24(34-23)26-17-5-9-19(31-2)10-6-17)35(28,29)20-11-12-21-22(15-20)33-14-13-32-21/h3-12,15,26H,13-14H2,1-2H3. The third kappa shape index (κ3) is 4.47. The Morgan fingerprint density at radius 2 is 1.46 bits per heavy atom. The van der Waals surface area contributed by atoms with Gasteiger partial charge in [0.25, 0.3) is 0 Å². The van der Waals surface area contributed by atoms with Crippen LogP contribution in [0, 0.1) is 0 Å². The molecule has 3 aromatic carbocycles. The van der Waals surface area contributed by atoms with Crippen molar-refractivity contribution in [2.75, 3.05) is 32.8 Å². The van der Waals surface area contributed by atoms with Crippen LogP contribution in [0.25, 0.3) is 11.5 Å². The lowest BCUT2D eigenvalue weighted by Gasteiger charge is -2.18. The summed E-state index contributed by atoms with van der Waals surface area (Å²) >= 11 is 0. The van der Waals surface area contributed by atoms with Crippen molar-refractivity contribution in [1.82, 2.24) is 4.98 Å². The Hall–Kier alpha value is -4.18. The van der Waals surface area contributed by atoms with Crippen molar-refractivity contribution in [3.8, 4) is 34.5 Å². The number of hydrogen-bond acceptors (Lipinski definition) is 9. The van der Waals surface area contributed by atoms with Gasteiger partial charge in [0.05, 0.1) is 19.1 Å². The molecule has 0 unspecified atom stereocenters. The number of methoxy groups -OCH3 is 2. The van der Waals surface area contributed by atoms with Gasteiger partial charge in [0.15, 0.2) is 11.5 Å². The van der Waals surface area contributed by atoms with E-state index in [9.17, 15) is 8.42 Å². The summed E-state index contributed by atoms with van der Waals surface area (Å²) in [6, 6.07) is 18.4. The lowest BCUT2D eigenvalue weighted by molar-refractivity contribution is 0.171. The van der Waals surface area contributed by atoms with E-state index >= 15 is 0 Å². The highest BCUT2D eigenvalue weighted by atomic mass is 32.2. The second-order valence-electron chi connectivity index (χ2n) is 7.54. The first-order valence-corrected chi connectivity index (χ1v) is 12.2. The average molecular weight is 495 g/mol. The molecule has 5 rings (SSSR count). The maximum Gasteiger partial charge on any atom is 0.238 e. The number of anilines is 2. The Bertz CT molecular complexity index is 1450. The Labute approximate surface area is 202 Å². The maximum absolute atomic E-state index is 13.7. The number of aromatic nitrogens is 1. The predicted octanol–water partition coefficient (Wildman–Crippen LogP) is 4.71. The maximum atomic E-state index is 13.7. The molecule has 2 heterocycles. The van der Waals surface area contributed by atoms with Crippen molar-refractivity contribution in [3.05, 3.63) is 66.7 Å². The van der Waals surface area contributed by atoms with Gasteiger partial charge in [-0.25, -0.2) is 8.42 Å². The second kappa shape index (κ2) is 9.22. The SMILES string of the molecule is COc1ccc(Nc2oc(-c3ccc(OC)cc3)nc2S(=O)(=O)c2ccc3c(c2)OCCO3)cc1. The van der Waals surface area contributed by atoms with Gasteiger partial charge in [0, 0.05) is 17.3 Å². The van der Waals surface area contributed by atoms with Gasteiger partial charge in [-0.2, -0.15) is 4.98 Å². The fourth-order valence-electron chi connectivity index (χ4n) is 3.53. The number of rotatable bonds is 7. The number of nitrogens with zero attached hydrogens (tertiary/aromatic N) is 1. The van der Waals surface area contributed by atoms with Crippen molar-refractivity contribution >= 4 is 21.4 Å². The first kappa shape index (κ1) is 22.6. The highest BCUT2D eigenvalue weighted by Gasteiger charge is 2.30. The van der Waals surface area contributed by atoms with E-state index in [1.54, 1.807) is 68.8 Å². The first-order valence-electron chi connectivity index (χ1n) is 10.7. The quantitative estimate of drug-likeness (QED) is 0.391. The smallest absolute Gasteiger partial charge is 0.238 e. The van der Waals surface area contributed by atoms with Crippen LogP contribution in [0.3, 0.4) is 0 Å². The van der Waals surface area contributed by atoms with Crippen LogP contribution in [0.15, 0.2) is 81.1 Å². The summed E-state index contributed by atoms with van der Waals surface area (Å²) in [6.07, 6.45) is 0. The zero-order chi connectivity index (χ0) is 24.4. The molecule has 180 valence electrons. The van der Waals surface area contributed by atoms with Gasteiger partial charge in [-0.15, -0.1) is 0 Å². The lowest BCUT2D eigenvalue weighted by Crippen LogP contribution is -2.16. The van der Waals surface area contributed by atoms with Gasteiger partial charge in [-0.3, -0.25) is 0 Å². The Balaban J connectivity index is 1.58. The summed E-state index contributed by atoms with van der Waals surface area (Å²) in [5, 5.41) is 2.78. The van der Waals surface area contributed by atoms with E-state index in [0.717, 1.165) is 0 Å². The molecule has 0 amide bonds. The third-order valence-corrected chi connectivity index (χ3v) is 7.02. The molecule has 1 aliphatic heterocycles. The molecule has 35 heavy (non-hydrogen) atoms. The molecule has 0 aliphatic carbocycles. The van der Waals surface area contributed by atoms with Crippen molar-refractivity contribution in [1.29, 1.82) is 0 Å². The van der Waals surface area contributed by atoms with Crippen molar-refractivity contribution in [3.63, 3.8) is 0 Å². The van der Waals surface area contributed by atoms with Gasteiger partial charge >= 0.3 is 0 Å². The number of oxazole rings is 1. The van der Waals surface area contributed by atoms with Crippen LogP contribution in [0.4, 0.5) is 11.6 Å². The number of nitrogens with one attached hydrogen (secondary N) is 1. The summed E-state index contributed by atoms with van der Waals surface area (Å²) in [7, 11) is -0.956. The molecule has 10 heteroatoms. The van der Waals surface area contributed by atoms with Crippen molar-refractivity contribution in [2.24, 2.45) is 0 Å². The molecule has 1 aromatic heterocycles. The van der Waals surface area contributed by atoms with E-state index in [1.807, 2.05) is 0 Å². The van der Waals surface area contributed by atoms with E-state index < -0.39 is 9.84 Å². The molecule has 4 aromatic rings. The molecular formula is C25H22N2O7S. The van der Waals surface area contributed by atoms with Crippen LogP contribution in [-0.2, 0) is 9.84 Å². The monoisotopic (exact) mass is 494 g/mol. The van der Waals surface area contributed by atoms with Crippen LogP contribution in [0.5, 0.6) is 23.0 Å². The van der Waals surface area contributed by atoms with Crippen LogP contribution in [-0.4, -0.2) is 40.8 Å². The number of fused-ring (bicyclic) bond motifs is 1.